The number of likely N-dealkylation sites (tertiary alicyclic amines) is 2. The summed E-state index contributed by atoms with van der Waals surface area (Å²) >= 11 is 0. The van der Waals surface area contributed by atoms with Crippen LogP contribution in [0.5, 0.6) is 0 Å². The summed E-state index contributed by atoms with van der Waals surface area (Å²) in [5.74, 6) is -0.194. The Hall–Kier alpha value is -1.22. The molecule has 4 fully saturated rings. The third-order valence-corrected chi connectivity index (χ3v) is 8.25. The Labute approximate surface area is 186 Å². The van der Waals surface area contributed by atoms with Crippen LogP contribution in [0.15, 0.2) is 0 Å². The van der Waals surface area contributed by atoms with Crippen molar-refractivity contribution >= 4 is 11.8 Å². The molecule has 2 heterocycles. The molecule has 0 aromatic rings. The zero-order valence-electron chi connectivity index (χ0n) is 18.9. The summed E-state index contributed by atoms with van der Waals surface area (Å²) in [4.78, 5) is 25.5. The van der Waals surface area contributed by atoms with Crippen molar-refractivity contribution in [1.29, 1.82) is 0 Å². The van der Waals surface area contributed by atoms with Crippen LogP contribution in [-0.2, 0) is 9.59 Å². The first-order valence-corrected chi connectivity index (χ1v) is 12.7. The van der Waals surface area contributed by atoms with E-state index in [0.29, 0.717) is 45.4 Å². The maximum absolute atomic E-state index is 13.5. The Morgan fingerprint density at radius 1 is 0.645 bits per heavy atom. The lowest BCUT2D eigenvalue weighted by molar-refractivity contribution is -0.902. The van der Waals surface area contributed by atoms with E-state index in [1.807, 2.05) is 0 Å². The molecule has 2 aliphatic carbocycles. The smallest absolute Gasteiger partial charge is 0.278 e. The summed E-state index contributed by atoms with van der Waals surface area (Å²) in [6.45, 7) is 1.49. The van der Waals surface area contributed by atoms with E-state index in [0.717, 1.165) is 64.2 Å². The van der Waals surface area contributed by atoms with Crippen LogP contribution in [0.3, 0.4) is 0 Å². The largest absolute Gasteiger partial charge is 0.632 e. The van der Waals surface area contributed by atoms with E-state index >= 15 is 0 Å². The number of carbonyl (C=O) groups excluding carboxylic acids is 2. The predicted octanol–water partition coefficient (Wildman–Crippen LogP) is 2.45. The quantitative estimate of drug-likeness (QED) is 0.450. The van der Waals surface area contributed by atoms with E-state index in [2.05, 4.69) is 10.6 Å². The van der Waals surface area contributed by atoms with Crippen molar-refractivity contribution in [3.05, 3.63) is 10.4 Å². The van der Waals surface area contributed by atoms with Gasteiger partial charge in [0, 0.05) is 44.2 Å². The van der Waals surface area contributed by atoms with Crippen LogP contribution in [0.25, 0.3) is 0 Å². The number of nitrogens with zero attached hydrogens (tertiary/aromatic N) is 2. The van der Waals surface area contributed by atoms with E-state index < -0.39 is 21.4 Å². The minimum Gasteiger partial charge on any atom is -0.632 e. The molecule has 0 bridgehead atoms. The Morgan fingerprint density at radius 3 is 1.42 bits per heavy atom. The van der Waals surface area contributed by atoms with Crippen molar-refractivity contribution in [2.24, 2.45) is 0 Å². The number of hydroxylamine groups is 6. The van der Waals surface area contributed by atoms with Gasteiger partial charge >= 0.3 is 0 Å². The first-order valence-electron chi connectivity index (χ1n) is 12.7. The van der Waals surface area contributed by atoms with Gasteiger partial charge in [-0.05, 0) is 25.7 Å². The molecule has 2 saturated carbocycles. The molecular formula is C23H40N4O4. The van der Waals surface area contributed by atoms with E-state index in [1.54, 1.807) is 0 Å². The Morgan fingerprint density at radius 2 is 1.03 bits per heavy atom. The van der Waals surface area contributed by atoms with E-state index in [1.165, 1.54) is 0 Å². The van der Waals surface area contributed by atoms with Gasteiger partial charge < -0.3 is 30.3 Å². The van der Waals surface area contributed by atoms with Gasteiger partial charge in [-0.25, -0.2) is 0 Å². The molecule has 2 amide bonds. The lowest BCUT2D eigenvalue weighted by Crippen LogP contribution is -2.58. The van der Waals surface area contributed by atoms with Crippen LogP contribution < -0.4 is 10.6 Å². The highest BCUT2D eigenvalue weighted by Gasteiger charge is 2.43. The van der Waals surface area contributed by atoms with Gasteiger partial charge in [-0.1, -0.05) is 25.7 Å². The van der Waals surface area contributed by atoms with E-state index in [9.17, 15) is 20.0 Å². The SMILES string of the molecule is O=C(NC1CCCC1)[C@@H]1CCC[N+]1([O-])CCC[N+]1([O-])CCC[C@H]1C(=O)NC1CCCC1. The van der Waals surface area contributed by atoms with Gasteiger partial charge in [-0.15, -0.1) is 0 Å². The maximum atomic E-state index is 13.5. The fourth-order valence-corrected chi connectivity index (χ4v) is 6.45. The summed E-state index contributed by atoms with van der Waals surface area (Å²) in [5.41, 5.74) is 0. The molecule has 2 unspecified atom stereocenters. The molecule has 0 spiro atoms. The Bertz CT molecular complexity index is 595. The minimum absolute atomic E-state index is 0.0968. The second-order valence-corrected chi connectivity index (χ2v) is 10.4. The highest BCUT2D eigenvalue weighted by molar-refractivity contribution is 5.81. The molecule has 0 aromatic carbocycles. The van der Waals surface area contributed by atoms with Crippen LogP contribution >= 0.6 is 0 Å². The number of amides is 2. The molecule has 4 aliphatic rings. The number of rotatable bonds is 8. The molecule has 176 valence electrons. The van der Waals surface area contributed by atoms with Crippen molar-refractivity contribution in [1.82, 2.24) is 10.6 Å². The average Bonchev–Trinajstić information content (AvgIpc) is 3.50. The predicted molar refractivity (Wildman–Crippen MR) is 118 cm³/mol. The van der Waals surface area contributed by atoms with Crippen molar-refractivity contribution in [2.75, 3.05) is 26.2 Å². The number of quaternary nitrogens is 2. The maximum Gasteiger partial charge on any atom is 0.278 e. The zero-order valence-corrected chi connectivity index (χ0v) is 18.9. The van der Waals surface area contributed by atoms with E-state index in [4.69, 9.17) is 0 Å². The second kappa shape index (κ2) is 9.73. The van der Waals surface area contributed by atoms with Gasteiger partial charge in [0.25, 0.3) is 11.8 Å². The van der Waals surface area contributed by atoms with Gasteiger partial charge in [0.05, 0.1) is 26.2 Å². The fourth-order valence-electron chi connectivity index (χ4n) is 6.45. The Balaban J connectivity index is 1.29. The molecule has 2 aliphatic heterocycles. The van der Waals surface area contributed by atoms with Crippen molar-refractivity contribution in [3.63, 3.8) is 0 Å². The first-order chi connectivity index (χ1) is 14.9. The van der Waals surface area contributed by atoms with Gasteiger partial charge in [-0.2, -0.15) is 0 Å². The van der Waals surface area contributed by atoms with Gasteiger partial charge in [0.15, 0.2) is 12.1 Å². The van der Waals surface area contributed by atoms with Gasteiger partial charge in [-0.3, -0.25) is 9.59 Å². The second-order valence-electron chi connectivity index (χ2n) is 10.4. The minimum atomic E-state index is -0.541. The normalized spacial score (nSPS) is 36.8. The number of carbonyl (C=O) groups is 2. The number of hydrogen-bond acceptors (Lipinski definition) is 4. The molecule has 0 radical (unpaired) electrons. The monoisotopic (exact) mass is 436 g/mol. The van der Waals surface area contributed by atoms with Gasteiger partial charge in [0.1, 0.15) is 0 Å². The van der Waals surface area contributed by atoms with Crippen molar-refractivity contribution in [3.8, 4) is 0 Å². The molecule has 2 N–H and O–H groups in total. The lowest BCUT2D eigenvalue weighted by atomic mass is 10.1. The third-order valence-electron chi connectivity index (χ3n) is 8.25. The number of hydrogen-bond donors (Lipinski definition) is 2. The fraction of sp³-hybridized carbons (Fsp3) is 0.913. The summed E-state index contributed by atoms with van der Waals surface area (Å²) in [6, 6.07) is -0.636. The van der Waals surface area contributed by atoms with Crippen LogP contribution in [-0.4, -0.2) is 71.5 Å². The topological polar surface area (TPSA) is 104 Å². The van der Waals surface area contributed by atoms with Crippen LogP contribution in [0, 0.1) is 10.4 Å². The molecule has 4 rings (SSSR count). The molecule has 2 saturated heterocycles. The summed E-state index contributed by atoms with van der Waals surface area (Å²) in [5, 5.41) is 33.1. The average molecular weight is 437 g/mol. The standard InChI is InChI=1S/C23H40N4O4/c28-22(24-18-8-1-2-9-18)20-12-5-14-26(20,30)16-7-17-27(31)15-6-13-21(27)23(29)25-19-10-3-4-11-19/h18-21H,1-17H2,(H,24,28)(H,25,29)/t20-,21-,26?,27?/m0/s1. The summed E-state index contributed by atoms with van der Waals surface area (Å²) < 4.78 is -1.00. The molecule has 31 heavy (non-hydrogen) atoms. The highest BCUT2D eigenvalue weighted by atomic mass is 16.6. The zero-order chi connectivity index (χ0) is 21.9. The molecule has 8 nitrogen and oxygen atoms in total. The molecule has 0 aromatic heterocycles. The van der Waals surface area contributed by atoms with Crippen LogP contribution in [0.4, 0.5) is 0 Å². The third kappa shape index (κ3) is 5.24. The number of nitrogens with one attached hydrogen (secondary N) is 2. The van der Waals surface area contributed by atoms with Crippen molar-refractivity contribution in [2.45, 2.75) is 108 Å². The molecular weight excluding hydrogens is 396 g/mol. The van der Waals surface area contributed by atoms with Crippen molar-refractivity contribution < 1.29 is 18.9 Å². The highest BCUT2D eigenvalue weighted by Crippen LogP contribution is 2.31. The van der Waals surface area contributed by atoms with E-state index in [-0.39, 0.29) is 23.9 Å². The van der Waals surface area contributed by atoms with Gasteiger partial charge in [0.2, 0.25) is 0 Å². The summed E-state index contributed by atoms with van der Waals surface area (Å²) in [6.07, 6.45) is 11.9. The Kier molecular flexibility index (Phi) is 7.20. The first kappa shape index (κ1) is 23.0. The molecule has 4 atom stereocenters. The van der Waals surface area contributed by atoms with Crippen LogP contribution in [0.1, 0.15) is 83.5 Å². The lowest BCUT2D eigenvalue weighted by Gasteiger charge is -2.46. The molecule has 8 heteroatoms. The van der Waals surface area contributed by atoms with Crippen LogP contribution in [0.2, 0.25) is 0 Å². The summed E-state index contributed by atoms with van der Waals surface area (Å²) in [7, 11) is 0.